The van der Waals surface area contributed by atoms with Gasteiger partial charge in [-0.05, 0) is 30.3 Å². The second-order valence-corrected chi connectivity index (χ2v) is 5.46. The Morgan fingerprint density at radius 2 is 1.75 bits per heavy atom. The molecule has 0 atom stereocenters. The third kappa shape index (κ3) is 3.81. The largest absolute Gasteiger partial charge is 0.417 e. The van der Waals surface area contributed by atoms with Crippen LogP contribution in [0.5, 0.6) is 5.75 Å². The molecule has 3 N–H and O–H groups in total. The zero-order valence-corrected chi connectivity index (χ0v) is 11.1. The van der Waals surface area contributed by atoms with Crippen LogP contribution in [-0.2, 0) is 10.0 Å². The molecule has 0 aromatic heterocycles. The molecule has 104 valence electrons. The average Bonchev–Trinajstić information content (AvgIpc) is 2.39. The number of rotatable bonds is 3. The Labute approximate surface area is 116 Å². The maximum absolute atomic E-state index is 11.6. The van der Waals surface area contributed by atoms with Crippen LogP contribution in [0, 0.1) is 0 Å². The number of carbonyl (C=O) groups excluding carboxylic acids is 1. The van der Waals surface area contributed by atoms with Crippen LogP contribution in [-0.4, -0.2) is 14.5 Å². The molecule has 0 saturated heterocycles. The second-order valence-electron chi connectivity index (χ2n) is 3.90. The van der Waals surface area contributed by atoms with Gasteiger partial charge in [0.2, 0.25) is 10.0 Å². The van der Waals surface area contributed by atoms with Crippen molar-refractivity contribution in [2.75, 3.05) is 5.32 Å². The Hall–Kier alpha value is -2.38. The summed E-state index contributed by atoms with van der Waals surface area (Å²) in [6, 6.07) is 14.1. The van der Waals surface area contributed by atoms with E-state index in [4.69, 9.17) is 9.88 Å². The molecule has 0 spiro atoms. The summed E-state index contributed by atoms with van der Waals surface area (Å²) in [5, 5.41) is 7.43. The van der Waals surface area contributed by atoms with Gasteiger partial charge in [-0.1, -0.05) is 24.3 Å². The number of nitrogens with one attached hydrogen (secondary N) is 1. The van der Waals surface area contributed by atoms with Crippen molar-refractivity contribution >= 4 is 21.8 Å². The predicted octanol–water partition coefficient (Wildman–Crippen LogP) is 1.94. The van der Waals surface area contributed by atoms with Crippen LogP contribution in [0.3, 0.4) is 0 Å². The molecule has 0 aliphatic heterocycles. The van der Waals surface area contributed by atoms with Gasteiger partial charge in [0.1, 0.15) is 5.75 Å². The first-order valence-electron chi connectivity index (χ1n) is 5.62. The number of primary sulfonamides is 1. The second kappa shape index (κ2) is 5.72. The quantitative estimate of drug-likeness (QED) is 0.903. The fourth-order valence-corrected chi connectivity index (χ4v) is 2.05. The first-order valence-corrected chi connectivity index (χ1v) is 7.16. The van der Waals surface area contributed by atoms with E-state index in [1.54, 1.807) is 30.3 Å². The molecule has 0 unspecified atom stereocenters. The SMILES string of the molecule is NS(=O)(=O)c1cccc(NC(=O)Oc2ccccc2)c1. The minimum Gasteiger partial charge on any atom is -0.410 e. The van der Waals surface area contributed by atoms with Crippen LogP contribution < -0.4 is 15.2 Å². The van der Waals surface area contributed by atoms with Crippen molar-refractivity contribution in [1.29, 1.82) is 0 Å². The minimum absolute atomic E-state index is 0.0880. The van der Waals surface area contributed by atoms with Gasteiger partial charge >= 0.3 is 6.09 Å². The van der Waals surface area contributed by atoms with Gasteiger partial charge in [-0.25, -0.2) is 18.4 Å². The van der Waals surface area contributed by atoms with E-state index in [-0.39, 0.29) is 10.6 Å². The normalized spacial score (nSPS) is 10.8. The molecule has 0 aliphatic carbocycles. The summed E-state index contributed by atoms with van der Waals surface area (Å²) in [6.07, 6.45) is -0.720. The smallest absolute Gasteiger partial charge is 0.410 e. The summed E-state index contributed by atoms with van der Waals surface area (Å²) in [6.45, 7) is 0. The third-order valence-electron chi connectivity index (χ3n) is 2.36. The maximum Gasteiger partial charge on any atom is 0.417 e. The van der Waals surface area contributed by atoms with Crippen LogP contribution in [0.2, 0.25) is 0 Å². The number of hydrogen-bond donors (Lipinski definition) is 2. The molecule has 0 fully saturated rings. The molecule has 0 radical (unpaired) electrons. The molecule has 20 heavy (non-hydrogen) atoms. The van der Waals surface area contributed by atoms with Crippen molar-refractivity contribution in [2.24, 2.45) is 5.14 Å². The van der Waals surface area contributed by atoms with Crippen molar-refractivity contribution in [3.63, 3.8) is 0 Å². The number of hydrogen-bond acceptors (Lipinski definition) is 4. The van der Waals surface area contributed by atoms with Gasteiger partial charge in [0.15, 0.2) is 0 Å². The third-order valence-corrected chi connectivity index (χ3v) is 3.27. The van der Waals surface area contributed by atoms with Gasteiger partial charge in [-0.3, -0.25) is 5.32 Å². The lowest BCUT2D eigenvalue weighted by Gasteiger charge is -2.07. The molecule has 0 aliphatic rings. The number of anilines is 1. The van der Waals surface area contributed by atoms with Crippen LogP contribution in [0.25, 0.3) is 0 Å². The number of sulfonamides is 1. The fraction of sp³-hybridized carbons (Fsp3) is 0. The molecule has 0 saturated carbocycles. The van der Waals surface area contributed by atoms with Crippen molar-refractivity contribution in [2.45, 2.75) is 4.90 Å². The molecule has 2 rings (SSSR count). The van der Waals surface area contributed by atoms with Gasteiger partial charge in [-0.2, -0.15) is 0 Å². The highest BCUT2D eigenvalue weighted by atomic mass is 32.2. The van der Waals surface area contributed by atoms with Crippen LogP contribution in [0.1, 0.15) is 0 Å². The van der Waals surface area contributed by atoms with E-state index >= 15 is 0 Å². The lowest BCUT2D eigenvalue weighted by molar-refractivity contribution is 0.215. The first-order chi connectivity index (χ1) is 9.45. The standard InChI is InChI=1S/C13H12N2O4S/c14-20(17,18)12-8-4-5-10(9-12)15-13(16)19-11-6-2-1-3-7-11/h1-9H,(H,15,16)(H2,14,17,18). The molecule has 0 heterocycles. The highest BCUT2D eigenvalue weighted by Gasteiger charge is 2.10. The van der Waals surface area contributed by atoms with Crippen molar-refractivity contribution in [1.82, 2.24) is 0 Å². The Kier molecular flexibility index (Phi) is 4.02. The Morgan fingerprint density at radius 3 is 2.40 bits per heavy atom. The van der Waals surface area contributed by atoms with E-state index in [9.17, 15) is 13.2 Å². The monoisotopic (exact) mass is 292 g/mol. The number of ether oxygens (including phenoxy) is 1. The summed E-state index contributed by atoms with van der Waals surface area (Å²) in [4.78, 5) is 11.5. The van der Waals surface area contributed by atoms with E-state index < -0.39 is 16.1 Å². The Morgan fingerprint density at radius 1 is 1.05 bits per heavy atom. The summed E-state index contributed by atoms with van der Waals surface area (Å²) >= 11 is 0. The number of amides is 1. The summed E-state index contributed by atoms with van der Waals surface area (Å²) in [5.74, 6) is 0.382. The zero-order chi connectivity index (χ0) is 14.6. The lowest BCUT2D eigenvalue weighted by Crippen LogP contribution is -2.17. The average molecular weight is 292 g/mol. The van der Waals surface area contributed by atoms with E-state index in [2.05, 4.69) is 5.32 Å². The zero-order valence-electron chi connectivity index (χ0n) is 10.3. The Bertz CT molecular complexity index is 714. The first kappa shape index (κ1) is 14.0. The maximum atomic E-state index is 11.6. The summed E-state index contributed by atoms with van der Waals surface area (Å²) in [5.41, 5.74) is 0.275. The summed E-state index contributed by atoms with van der Waals surface area (Å²) in [7, 11) is -3.81. The van der Waals surface area contributed by atoms with Crippen molar-refractivity contribution in [3.05, 3.63) is 54.6 Å². The van der Waals surface area contributed by atoms with Crippen LogP contribution in [0.4, 0.5) is 10.5 Å². The Balaban J connectivity index is 2.09. The van der Waals surface area contributed by atoms with Crippen LogP contribution >= 0.6 is 0 Å². The minimum atomic E-state index is -3.81. The number of para-hydroxylation sites is 1. The number of nitrogens with two attached hydrogens (primary N) is 1. The van der Waals surface area contributed by atoms with Gasteiger partial charge in [0, 0.05) is 5.69 Å². The fourth-order valence-electron chi connectivity index (χ4n) is 1.49. The topological polar surface area (TPSA) is 98.5 Å². The highest BCUT2D eigenvalue weighted by molar-refractivity contribution is 7.89. The number of benzene rings is 2. The molecule has 2 aromatic carbocycles. The predicted molar refractivity (Wildman–Crippen MR) is 73.9 cm³/mol. The molecular formula is C13H12N2O4S. The molecule has 1 amide bonds. The van der Waals surface area contributed by atoms with E-state index in [1.165, 1.54) is 24.3 Å². The van der Waals surface area contributed by atoms with Crippen molar-refractivity contribution in [3.8, 4) is 5.75 Å². The molecule has 0 bridgehead atoms. The molecule has 7 heteroatoms. The van der Waals surface area contributed by atoms with Gasteiger partial charge < -0.3 is 4.74 Å². The number of carbonyl (C=O) groups is 1. The van der Waals surface area contributed by atoms with Gasteiger partial charge in [0.05, 0.1) is 4.90 Å². The molecule has 2 aromatic rings. The molecular weight excluding hydrogens is 280 g/mol. The van der Waals surface area contributed by atoms with Crippen LogP contribution in [0.15, 0.2) is 59.5 Å². The lowest BCUT2D eigenvalue weighted by atomic mass is 10.3. The summed E-state index contributed by atoms with van der Waals surface area (Å²) < 4.78 is 27.4. The van der Waals surface area contributed by atoms with E-state index in [0.29, 0.717) is 5.75 Å². The highest BCUT2D eigenvalue weighted by Crippen LogP contribution is 2.15. The van der Waals surface area contributed by atoms with Gasteiger partial charge in [-0.15, -0.1) is 0 Å². The van der Waals surface area contributed by atoms with Gasteiger partial charge in [0.25, 0.3) is 0 Å². The molecule has 6 nitrogen and oxygen atoms in total. The van der Waals surface area contributed by atoms with E-state index in [1.807, 2.05) is 0 Å². The van der Waals surface area contributed by atoms with Crippen molar-refractivity contribution < 1.29 is 17.9 Å². The van der Waals surface area contributed by atoms with E-state index in [0.717, 1.165) is 0 Å².